The van der Waals surface area contributed by atoms with E-state index >= 15 is 0 Å². The summed E-state index contributed by atoms with van der Waals surface area (Å²) in [7, 11) is 0. The SMILES string of the molecule is Cc1ccccc1C(=O)NC1CCN(C(C)c2ccccc2F)CC1. The van der Waals surface area contributed by atoms with Gasteiger partial charge in [0.25, 0.3) is 5.91 Å². The molecule has 1 amide bonds. The molecule has 0 bridgehead atoms. The average molecular weight is 340 g/mol. The monoisotopic (exact) mass is 340 g/mol. The number of carbonyl (C=O) groups is 1. The van der Waals surface area contributed by atoms with E-state index in [1.807, 2.05) is 50.2 Å². The summed E-state index contributed by atoms with van der Waals surface area (Å²) in [6.45, 7) is 5.71. The first-order valence-corrected chi connectivity index (χ1v) is 8.91. The van der Waals surface area contributed by atoms with Gasteiger partial charge in [-0.2, -0.15) is 0 Å². The van der Waals surface area contributed by atoms with Crippen molar-refractivity contribution in [2.45, 2.75) is 38.8 Å². The van der Waals surface area contributed by atoms with Gasteiger partial charge in [-0.3, -0.25) is 9.69 Å². The molecule has 3 nitrogen and oxygen atoms in total. The Labute approximate surface area is 148 Å². The number of piperidine rings is 1. The van der Waals surface area contributed by atoms with Gasteiger partial charge in [0.2, 0.25) is 0 Å². The van der Waals surface area contributed by atoms with Gasteiger partial charge in [0.15, 0.2) is 0 Å². The molecule has 2 aromatic carbocycles. The Morgan fingerprint density at radius 2 is 1.76 bits per heavy atom. The highest BCUT2D eigenvalue weighted by atomic mass is 19.1. The largest absolute Gasteiger partial charge is 0.349 e. The fourth-order valence-corrected chi connectivity index (χ4v) is 3.53. The summed E-state index contributed by atoms with van der Waals surface area (Å²) in [6.07, 6.45) is 1.77. The number of halogens is 1. The fraction of sp³-hybridized carbons (Fsp3) is 0.381. The maximum atomic E-state index is 14.0. The van der Waals surface area contributed by atoms with E-state index < -0.39 is 0 Å². The molecular weight excluding hydrogens is 315 g/mol. The highest BCUT2D eigenvalue weighted by molar-refractivity contribution is 5.95. The maximum Gasteiger partial charge on any atom is 0.251 e. The van der Waals surface area contributed by atoms with Gasteiger partial charge >= 0.3 is 0 Å². The van der Waals surface area contributed by atoms with Crippen molar-refractivity contribution in [3.05, 3.63) is 71.0 Å². The number of hydrogen-bond acceptors (Lipinski definition) is 2. The van der Waals surface area contributed by atoms with Crippen LogP contribution in [-0.2, 0) is 0 Å². The molecule has 0 radical (unpaired) electrons. The number of carbonyl (C=O) groups excluding carboxylic acids is 1. The normalized spacial score (nSPS) is 17.2. The minimum atomic E-state index is -0.148. The van der Waals surface area contributed by atoms with Crippen LogP contribution in [0.5, 0.6) is 0 Å². The smallest absolute Gasteiger partial charge is 0.251 e. The highest BCUT2D eigenvalue weighted by Crippen LogP contribution is 2.26. The summed E-state index contributed by atoms with van der Waals surface area (Å²) in [4.78, 5) is 14.7. The summed E-state index contributed by atoms with van der Waals surface area (Å²) >= 11 is 0. The minimum absolute atomic E-state index is 0.00120. The van der Waals surface area contributed by atoms with Gasteiger partial charge in [0, 0.05) is 36.3 Å². The van der Waals surface area contributed by atoms with Crippen molar-refractivity contribution < 1.29 is 9.18 Å². The molecule has 0 spiro atoms. The van der Waals surface area contributed by atoms with E-state index in [0.29, 0.717) is 0 Å². The fourth-order valence-electron chi connectivity index (χ4n) is 3.53. The molecule has 132 valence electrons. The molecule has 1 saturated heterocycles. The van der Waals surface area contributed by atoms with E-state index in [0.717, 1.165) is 42.6 Å². The predicted molar refractivity (Wildman–Crippen MR) is 98.1 cm³/mol. The Kier molecular flexibility index (Phi) is 5.49. The molecule has 0 saturated carbocycles. The number of hydrogen-bond donors (Lipinski definition) is 1. The van der Waals surface area contributed by atoms with Crippen molar-refractivity contribution in [3.63, 3.8) is 0 Å². The molecule has 1 aliphatic heterocycles. The van der Waals surface area contributed by atoms with Crippen LogP contribution in [0.25, 0.3) is 0 Å². The van der Waals surface area contributed by atoms with Crippen molar-refractivity contribution in [1.29, 1.82) is 0 Å². The van der Waals surface area contributed by atoms with Crippen molar-refractivity contribution in [2.75, 3.05) is 13.1 Å². The zero-order valence-electron chi connectivity index (χ0n) is 14.8. The van der Waals surface area contributed by atoms with Gasteiger partial charge in [-0.05, 0) is 44.4 Å². The summed E-state index contributed by atoms with van der Waals surface area (Å²) in [6, 6.07) is 14.8. The lowest BCUT2D eigenvalue weighted by Crippen LogP contribution is -2.45. The van der Waals surface area contributed by atoms with Crippen molar-refractivity contribution in [3.8, 4) is 0 Å². The highest BCUT2D eigenvalue weighted by Gasteiger charge is 2.26. The summed E-state index contributed by atoms with van der Waals surface area (Å²) in [5.41, 5.74) is 2.47. The Morgan fingerprint density at radius 1 is 1.12 bits per heavy atom. The molecule has 0 aliphatic carbocycles. The number of benzene rings is 2. The van der Waals surface area contributed by atoms with Crippen LogP contribution < -0.4 is 5.32 Å². The second-order valence-corrected chi connectivity index (χ2v) is 6.80. The van der Waals surface area contributed by atoms with E-state index in [-0.39, 0.29) is 23.8 Å². The van der Waals surface area contributed by atoms with Crippen LogP contribution >= 0.6 is 0 Å². The molecular formula is C21H25FN2O. The van der Waals surface area contributed by atoms with E-state index in [1.165, 1.54) is 6.07 Å². The van der Waals surface area contributed by atoms with Gasteiger partial charge in [-0.1, -0.05) is 36.4 Å². The summed E-state index contributed by atoms with van der Waals surface area (Å²) in [5, 5.41) is 3.15. The Morgan fingerprint density at radius 3 is 2.44 bits per heavy atom. The van der Waals surface area contributed by atoms with Gasteiger partial charge < -0.3 is 5.32 Å². The summed E-state index contributed by atoms with van der Waals surface area (Å²) in [5.74, 6) is -0.149. The zero-order chi connectivity index (χ0) is 17.8. The van der Waals surface area contributed by atoms with Crippen LogP contribution in [0.3, 0.4) is 0 Å². The first-order chi connectivity index (χ1) is 12.1. The second kappa shape index (κ2) is 7.79. The second-order valence-electron chi connectivity index (χ2n) is 6.80. The number of likely N-dealkylation sites (tertiary alicyclic amines) is 1. The minimum Gasteiger partial charge on any atom is -0.349 e. The molecule has 3 rings (SSSR count). The predicted octanol–water partition coefficient (Wildman–Crippen LogP) is 4.09. The van der Waals surface area contributed by atoms with E-state index in [4.69, 9.17) is 0 Å². The first-order valence-electron chi connectivity index (χ1n) is 8.91. The first kappa shape index (κ1) is 17.6. The van der Waals surface area contributed by atoms with Gasteiger partial charge in [-0.25, -0.2) is 4.39 Å². The van der Waals surface area contributed by atoms with Crippen LogP contribution in [0.15, 0.2) is 48.5 Å². The van der Waals surface area contributed by atoms with Crippen LogP contribution in [0, 0.1) is 12.7 Å². The molecule has 0 aromatic heterocycles. The zero-order valence-corrected chi connectivity index (χ0v) is 14.8. The lowest BCUT2D eigenvalue weighted by molar-refractivity contribution is 0.0894. The molecule has 4 heteroatoms. The Hall–Kier alpha value is -2.20. The van der Waals surface area contributed by atoms with Gasteiger partial charge in [0.1, 0.15) is 5.82 Å². The van der Waals surface area contributed by atoms with Crippen LogP contribution in [-0.4, -0.2) is 29.9 Å². The molecule has 1 heterocycles. The molecule has 1 aliphatic rings. The molecule has 1 atom stereocenters. The van der Waals surface area contributed by atoms with Crippen LogP contribution in [0.2, 0.25) is 0 Å². The van der Waals surface area contributed by atoms with Crippen molar-refractivity contribution in [2.24, 2.45) is 0 Å². The van der Waals surface area contributed by atoms with E-state index in [9.17, 15) is 9.18 Å². The third-order valence-electron chi connectivity index (χ3n) is 5.16. The number of nitrogens with one attached hydrogen (secondary N) is 1. The van der Waals surface area contributed by atoms with Crippen molar-refractivity contribution in [1.82, 2.24) is 10.2 Å². The van der Waals surface area contributed by atoms with Gasteiger partial charge in [0.05, 0.1) is 0 Å². The quantitative estimate of drug-likeness (QED) is 0.909. The topological polar surface area (TPSA) is 32.3 Å². The number of nitrogens with zero attached hydrogens (tertiary/aromatic N) is 1. The molecule has 1 N–H and O–H groups in total. The Balaban J connectivity index is 1.56. The number of amides is 1. The van der Waals surface area contributed by atoms with Crippen molar-refractivity contribution >= 4 is 5.91 Å². The van der Waals surface area contributed by atoms with E-state index in [1.54, 1.807) is 6.07 Å². The molecule has 1 unspecified atom stereocenters. The standard InChI is InChI=1S/C21H25FN2O/c1-15-7-3-4-8-18(15)21(25)23-17-11-13-24(14-12-17)16(2)19-9-5-6-10-20(19)22/h3-10,16-17H,11-14H2,1-2H3,(H,23,25). The third-order valence-corrected chi connectivity index (χ3v) is 5.16. The molecule has 2 aromatic rings. The van der Waals surface area contributed by atoms with Crippen LogP contribution in [0.4, 0.5) is 4.39 Å². The third kappa shape index (κ3) is 4.07. The lowest BCUT2D eigenvalue weighted by Gasteiger charge is -2.36. The number of rotatable bonds is 4. The average Bonchev–Trinajstić information content (AvgIpc) is 2.62. The molecule has 25 heavy (non-hydrogen) atoms. The maximum absolute atomic E-state index is 14.0. The van der Waals surface area contributed by atoms with Gasteiger partial charge in [-0.15, -0.1) is 0 Å². The molecule has 1 fully saturated rings. The van der Waals surface area contributed by atoms with E-state index in [2.05, 4.69) is 10.2 Å². The van der Waals surface area contributed by atoms with Crippen LogP contribution in [0.1, 0.15) is 47.3 Å². The summed E-state index contributed by atoms with van der Waals surface area (Å²) < 4.78 is 14.0. The number of aryl methyl sites for hydroxylation is 1. The lowest BCUT2D eigenvalue weighted by atomic mass is 9.99. The Bertz CT molecular complexity index is 738.